The molecule has 0 saturated heterocycles. The molecular formula is C24H27FN4O3. The third-order valence-corrected chi connectivity index (χ3v) is 4.85. The molecule has 0 unspecified atom stereocenters. The van der Waals surface area contributed by atoms with Crippen molar-refractivity contribution in [1.29, 1.82) is 0 Å². The minimum Gasteiger partial charge on any atom is -0.465 e. The van der Waals surface area contributed by atoms with E-state index in [4.69, 9.17) is 9.47 Å². The number of carbonyl (C=O) groups excluding carboxylic acids is 1. The van der Waals surface area contributed by atoms with Gasteiger partial charge in [-0.15, -0.1) is 0 Å². The van der Waals surface area contributed by atoms with Crippen LogP contribution in [0, 0.1) is 5.82 Å². The van der Waals surface area contributed by atoms with Crippen molar-refractivity contribution in [3.8, 4) is 0 Å². The molecule has 0 aliphatic heterocycles. The fourth-order valence-corrected chi connectivity index (χ4v) is 3.14. The van der Waals surface area contributed by atoms with Crippen molar-refractivity contribution in [3.63, 3.8) is 0 Å². The van der Waals surface area contributed by atoms with E-state index in [2.05, 4.69) is 41.4 Å². The molecule has 7 nitrogen and oxygen atoms in total. The van der Waals surface area contributed by atoms with E-state index in [1.807, 2.05) is 24.3 Å². The molecule has 0 aliphatic rings. The van der Waals surface area contributed by atoms with Gasteiger partial charge in [0.05, 0.1) is 25.5 Å². The summed E-state index contributed by atoms with van der Waals surface area (Å²) in [5.74, 6) is -0.870. The normalized spacial score (nSPS) is 11.2. The number of carbonyl (C=O) groups is 1. The molecule has 0 aliphatic carbocycles. The molecule has 2 N–H and O–H groups in total. The number of aromatic nitrogens is 2. The summed E-state index contributed by atoms with van der Waals surface area (Å²) in [5, 5.41) is 6.07. The third-order valence-electron chi connectivity index (χ3n) is 4.85. The maximum absolute atomic E-state index is 14.4. The lowest BCUT2D eigenvalue weighted by atomic mass is 9.87. The van der Waals surface area contributed by atoms with Crippen LogP contribution in [0.1, 0.15) is 42.3 Å². The molecule has 2 aromatic carbocycles. The van der Waals surface area contributed by atoms with Crippen LogP contribution in [0.3, 0.4) is 0 Å². The Kier molecular flexibility index (Phi) is 7.05. The predicted octanol–water partition coefficient (Wildman–Crippen LogP) is 5.33. The molecule has 0 radical (unpaired) electrons. The zero-order valence-electron chi connectivity index (χ0n) is 18.8. The van der Waals surface area contributed by atoms with E-state index in [0.717, 1.165) is 11.8 Å². The first kappa shape index (κ1) is 23.1. The van der Waals surface area contributed by atoms with Gasteiger partial charge in [-0.2, -0.15) is 4.98 Å². The number of ether oxygens (including phenoxy) is 2. The van der Waals surface area contributed by atoms with Gasteiger partial charge in [0.25, 0.3) is 0 Å². The van der Waals surface area contributed by atoms with Gasteiger partial charge in [0.15, 0.2) is 11.6 Å². The van der Waals surface area contributed by atoms with Gasteiger partial charge < -0.3 is 20.1 Å². The second-order valence-electron chi connectivity index (χ2n) is 8.23. The Hall–Kier alpha value is -3.52. The van der Waals surface area contributed by atoms with Crippen LogP contribution >= 0.6 is 0 Å². The van der Waals surface area contributed by atoms with Crippen molar-refractivity contribution in [3.05, 3.63) is 71.2 Å². The van der Waals surface area contributed by atoms with E-state index in [1.165, 1.54) is 14.2 Å². The Bertz CT molecular complexity index is 1110. The fourth-order valence-electron chi connectivity index (χ4n) is 3.14. The van der Waals surface area contributed by atoms with Crippen LogP contribution < -0.4 is 10.6 Å². The fraction of sp³-hybridized carbons (Fsp3) is 0.292. The minimum atomic E-state index is -0.586. The summed E-state index contributed by atoms with van der Waals surface area (Å²) in [7, 11) is 2.84. The van der Waals surface area contributed by atoms with Crippen LogP contribution in [0.5, 0.6) is 0 Å². The Morgan fingerprint density at radius 1 is 1.09 bits per heavy atom. The maximum Gasteiger partial charge on any atom is 0.338 e. The number of hydrogen-bond donors (Lipinski definition) is 2. The number of hydrogen-bond acceptors (Lipinski definition) is 7. The summed E-state index contributed by atoms with van der Waals surface area (Å²) in [6, 6.07) is 12.9. The van der Waals surface area contributed by atoms with Gasteiger partial charge >= 0.3 is 5.97 Å². The van der Waals surface area contributed by atoms with Gasteiger partial charge in [-0.05, 0) is 35.2 Å². The maximum atomic E-state index is 14.4. The highest BCUT2D eigenvalue weighted by molar-refractivity contribution is 5.93. The van der Waals surface area contributed by atoms with Crippen LogP contribution in [0.4, 0.5) is 27.5 Å². The number of anilines is 4. The van der Waals surface area contributed by atoms with Crippen LogP contribution in [0.2, 0.25) is 0 Å². The summed E-state index contributed by atoms with van der Waals surface area (Å²) >= 11 is 0. The molecule has 168 valence electrons. The number of benzene rings is 2. The van der Waals surface area contributed by atoms with Crippen LogP contribution in [0.25, 0.3) is 0 Å². The van der Waals surface area contributed by atoms with Gasteiger partial charge in [-0.25, -0.2) is 14.2 Å². The van der Waals surface area contributed by atoms with Crippen molar-refractivity contribution in [2.75, 3.05) is 24.9 Å². The van der Waals surface area contributed by atoms with Crippen molar-refractivity contribution >= 4 is 29.1 Å². The molecule has 0 bridgehead atoms. The molecule has 0 fully saturated rings. The molecule has 3 rings (SSSR count). The first-order valence-corrected chi connectivity index (χ1v) is 10.1. The zero-order chi connectivity index (χ0) is 23.3. The zero-order valence-corrected chi connectivity index (χ0v) is 18.8. The van der Waals surface area contributed by atoms with Gasteiger partial charge in [0.1, 0.15) is 0 Å². The number of halogens is 1. The lowest BCUT2D eigenvalue weighted by molar-refractivity contribution is 0.0596. The Balaban J connectivity index is 1.91. The average Bonchev–Trinajstić information content (AvgIpc) is 2.76. The molecule has 0 amide bonds. The molecule has 0 spiro atoms. The van der Waals surface area contributed by atoms with E-state index >= 15 is 0 Å². The average molecular weight is 439 g/mol. The molecular weight excluding hydrogens is 411 g/mol. The number of rotatable bonds is 7. The largest absolute Gasteiger partial charge is 0.465 e. The van der Waals surface area contributed by atoms with Gasteiger partial charge in [-0.3, -0.25) is 0 Å². The number of nitrogens with zero attached hydrogens (tertiary/aromatic N) is 2. The first-order chi connectivity index (χ1) is 15.2. The van der Waals surface area contributed by atoms with E-state index in [1.54, 1.807) is 18.2 Å². The lowest BCUT2D eigenvalue weighted by Crippen LogP contribution is -2.11. The van der Waals surface area contributed by atoms with E-state index in [-0.39, 0.29) is 23.8 Å². The molecule has 0 atom stereocenters. The topological polar surface area (TPSA) is 85.4 Å². The Morgan fingerprint density at radius 3 is 2.53 bits per heavy atom. The summed E-state index contributed by atoms with van der Waals surface area (Å²) in [6.07, 6.45) is 1.09. The summed E-state index contributed by atoms with van der Waals surface area (Å²) < 4.78 is 24.5. The molecule has 8 heteroatoms. The highest BCUT2D eigenvalue weighted by Crippen LogP contribution is 2.28. The second kappa shape index (κ2) is 9.74. The highest BCUT2D eigenvalue weighted by atomic mass is 19.1. The second-order valence-corrected chi connectivity index (χ2v) is 8.23. The monoisotopic (exact) mass is 438 g/mol. The molecule has 3 aromatic rings. The van der Waals surface area contributed by atoms with Gasteiger partial charge in [-0.1, -0.05) is 39.0 Å². The Labute approximate surface area is 187 Å². The minimum absolute atomic E-state index is 0.0333. The molecule has 1 heterocycles. The summed E-state index contributed by atoms with van der Waals surface area (Å²) in [4.78, 5) is 20.4. The van der Waals surface area contributed by atoms with Crippen molar-refractivity contribution < 1.29 is 18.7 Å². The number of nitrogens with one attached hydrogen (secondary N) is 2. The van der Waals surface area contributed by atoms with Gasteiger partial charge in [0, 0.05) is 24.0 Å². The first-order valence-electron chi connectivity index (χ1n) is 10.1. The number of esters is 1. The molecule has 32 heavy (non-hydrogen) atoms. The van der Waals surface area contributed by atoms with E-state index in [9.17, 15) is 9.18 Å². The van der Waals surface area contributed by atoms with Gasteiger partial charge in [0.2, 0.25) is 5.95 Å². The third kappa shape index (κ3) is 5.39. The smallest absolute Gasteiger partial charge is 0.338 e. The Morgan fingerprint density at radius 2 is 1.84 bits per heavy atom. The van der Waals surface area contributed by atoms with Crippen molar-refractivity contribution in [2.45, 2.75) is 32.8 Å². The SMILES string of the molecule is COCc1c(Nc2ncc(F)c(Nc3cccc(C(C)(C)C)c3)n2)cccc1C(=O)OC. The summed E-state index contributed by atoms with van der Waals surface area (Å²) in [5.41, 5.74) is 3.28. The molecule has 0 saturated carbocycles. The van der Waals surface area contributed by atoms with E-state index in [0.29, 0.717) is 22.5 Å². The van der Waals surface area contributed by atoms with Crippen molar-refractivity contribution in [2.24, 2.45) is 0 Å². The quantitative estimate of drug-likeness (QED) is 0.482. The standard InChI is InChI=1S/C24H27FN4O3/c1-24(2,3)15-8-6-9-16(12-15)27-21-19(25)13-26-23(29-21)28-20-11-7-10-17(22(30)32-5)18(20)14-31-4/h6-13H,14H2,1-5H3,(H2,26,27,28,29). The summed E-state index contributed by atoms with van der Waals surface area (Å²) in [6.45, 7) is 6.50. The van der Waals surface area contributed by atoms with Crippen LogP contribution in [-0.2, 0) is 21.5 Å². The highest BCUT2D eigenvalue weighted by Gasteiger charge is 2.17. The lowest BCUT2D eigenvalue weighted by Gasteiger charge is -2.20. The van der Waals surface area contributed by atoms with Crippen molar-refractivity contribution in [1.82, 2.24) is 9.97 Å². The van der Waals surface area contributed by atoms with Crippen LogP contribution in [0.15, 0.2) is 48.7 Å². The van der Waals surface area contributed by atoms with Crippen LogP contribution in [-0.4, -0.2) is 30.2 Å². The van der Waals surface area contributed by atoms with E-state index < -0.39 is 11.8 Å². The number of methoxy groups -OCH3 is 2. The predicted molar refractivity (Wildman–Crippen MR) is 122 cm³/mol. The molecule has 1 aromatic heterocycles.